The minimum atomic E-state index is 0.550. The van der Waals surface area contributed by atoms with E-state index >= 15 is 0 Å². The number of ether oxygens (including phenoxy) is 1. The molecule has 1 heterocycles. The summed E-state index contributed by atoms with van der Waals surface area (Å²) in [7, 11) is 1.78. The number of hydrogen-bond donors (Lipinski definition) is 1. The van der Waals surface area contributed by atoms with E-state index < -0.39 is 0 Å². The lowest BCUT2D eigenvalue weighted by Crippen LogP contribution is -1.96. The number of oxime groups is 1. The van der Waals surface area contributed by atoms with Gasteiger partial charge in [-0.25, -0.2) is 4.68 Å². The van der Waals surface area contributed by atoms with Gasteiger partial charge in [0, 0.05) is 7.05 Å². The highest BCUT2D eigenvalue weighted by molar-refractivity contribution is 5.84. The molecule has 0 saturated carbocycles. The molecule has 5 nitrogen and oxygen atoms in total. The Morgan fingerprint density at radius 1 is 1.28 bits per heavy atom. The van der Waals surface area contributed by atoms with Crippen LogP contribution in [0.25, 0.3) is 0 Å². The first kappa shape index (κ1) is 12.2. The molecule has 0 radical (unpaired) electrons. The van der Waals surface area contributed by atoms with Crippen LogP contribution in [0.4, 0.5) is 0 Å². The maximum atomic E-state index is 8.66. The van der Waals surface area contributed by atoms with Crippen molar-refractivity contribution in [2.75, 3.05) is 0 Å². The van der Waals surface area contributed by atoms with Gasteiger partial charge in [0.25, 0.3) is 0 Å². The molecule has 1 aromatic heterocycles. The Labute approximate surface area is 105 Å². The van der Waals surface area contributed by atoms with Crippen molar-refractivity contribution in [3.05, 3.63) is 41.1 Å². The molecule has 0 aliphatic carbocycles. The van der Waals surface area contributed by atoms with E-state index in [1.807, 2.05) is 38.1 Å². The third-order valence-electron chi connectivity index (χ3n) is 2.64. The van der Waals surface area contributed by atoms with Crippen LogP contribution in [0.1, 0.15) is 16.8 Å². The molecule has 0 saturated heterocycles. The van der Waals surface area contributed by atoms with Crippen molar-refractivity contribution in [2.24, 2.45) is 12.2 Å². The summed E-state index contributed by atoms with van der Waals surface area (Å²) in [6.45, 7) is 3.85. The molecule has 2 rings (SSSR count). The summed E-state index contributed by atoms with van der Waals surface area (Å²) in [5.74, 6) is 1.27. The molecule has 1 N–H and O–H groups in total. The Hall–Kier alpha value is -2.30. The van der Waals surface area contributed by atoms with Crippen molar-refractivity contribution in [3.8, 4) is 11.6 Å². The first-order chi connectivity index (χ1) is 8.61. The molecule has 0 spiro atoms. The topological polar surface area (TPSA) is 59.6 Å². The Morgan fingerprint density at radius 3 is 2.56 bits per heavy atom. The average Bonchev–Trinajstić information content (AvgIpc) is 2.59. The number of aryl methyl sites for hydroxylation is 3. The van der Waals surface area contributed by atoms with Gasteiger partial charge in [-0.1, -0.05) is 22.9 Å². The Bertz CT molecular complexity index is 571. The third-order valence-corrected chi connectivity index (χ3v) is 2.64. The van der Waals surface area contributed by atoms with E-state index in [4.69, 9.17) is 9.94 Å². The lowest BCUT2D eigenvalue weighted by molar-refractivity contribution is 0.321. The highest BCUT2D eigenvalue weighted by Crippen LogP contribution is 2.26. The van der Waals surface area contributed by atoms with Crippen LogP contribution in [0, 0.1) is 13.8 Å². The molecule has 0 unspecified atom stereocenters. The van der Waals surface area contributed by atoms with Gasteiger partial charge in [-0.3, -0.25) is 0 Å². The lowest BCUT2D eigenvalue weighted by atomic mass is 10.2. The van der Waals surface area contributed by atoms with Gasteiger partial charge in [-0.2, -0.15) is 5.10 Å². The monoisotopic (exact) mass is 245 g/mol. The van der Waals surface area contributed by atoms with Crippen molar-refractivity contribution in [3.63, 3.8) is 0 Å². The smallest absolute Gasteiger partial charge is 0.226 e. The highest BCUT2D eigenvalue weighted by Gasteiger charge is 2.13. The van der Waals surface area contributed by atoms with E-state index in [2.05, 4.69) is 10.3 Å². The zero-order chi connectivity index (χ0) is 13.1. The van der Waals surface area contributed by atoms with Crippen LogP contribution in [0.5, 0.6) is 11.6 Å². The average molecular weight is 245 g/mol. The van der Waals surface area contributed by atoms with E-state index in [0.29, 0.717) is 11.4 Å². The summed E-state index contributed by atoms with van der Waals surface area (Å²) >= 11 is 0. The van der Waals surface area contributed by atoms with Crippen LogP contribution >= 0.6 is 0 Å². The zero-order valence-corrected chi connectivity index (χ0v) is 10.6. The van der Waals surface area contributed by atoms with Crippen molar-refractivity contribution >= 4 is 6.21 Å². The molecule has 94 valence electrons. The molecular formula is C13H15N3O2. The molecule has 2 aromatic rings. The quantitative estimate of drug-likeness (QED) is 0.513. The molecule has 0 fully saturated rings. The minimum absolute atomic E-state index is 0.550. The molecule has 1 aromatic carbocycles. The molecule has 18 heavy (non-hydrogen) atoms. The summed E-state index contributed by atoms with van der Waals surface area (Å²) < 4.78 is 7.38. The second-order valence-corrected chi connectivity index (χ2v) is 4.09. The minimum Gasteiger partial charge on any atom is -0.439 e. The van der Waals surface area contributed by atoms with Gasteiger partial charge < -0.3 is 9.94 Å². The normalized spacial score (nSPS) is 11.1. The van der Waals surface area contributed by atoms with E-state index in [1.54, 1.807) is 11.7 Å². The highest BCUT2D eigenvalue weighted by atomic mass is 16.5. The standard InChI is InChI=1S/C13H15N3O2/c1-9-4-6-11(7-5-9)18-13-12(8-14-17)10(2)15-16(13)3/h4-8,17H,1-3H3/b14-8+. The second-order valence-electron chi connectivity index (χ2n) is 4.09. The van der Waals surface area contributed by atoms with Crippen LogP contribution < -0.4 is 4.74 Å². The Balaban J connectivity index is 2.36. The molecular weight excluding hydrogens is 230 g/mol. The van der Waals surface area contributed by atoms with Gasteiger partial charge >= 0.3 is 0 Å². The van der Waals surface area contributed by atoms with Crippen LogP contribution in [0.2, 0.25) is 0 Å². The summed E-state index contributed by atoms with van der Waals surface area (Å²) in [6, 6.07) is 7.71. The van der Waals surface area contributed by atoms with Crippen LogP contribution in [0.3, 0.4) is 0 Å². The summed E-state index contributed by atoms with van der Waals surface area (Å²) in [4.78, 5) is 0. The third kappa shape index (κ3) is 2.34. The fraction of sp³-hybridized carbons (Fsp3) is 0.231. The van der Waals surface area contributed by atoms with Crippen LogP contribution in [-0.2, 0) is 7.05 Å². The summed E-state index contributed by atoms with van der Waals surface area (Å²) in [5, 5.41) is 15.9. The largest absolute Gasteiger partial charge is 0.439 e. The van der Waals surface area contributed by atoms with Gasteiger partial charge in [0.15, 0.2) is 0 Å². The maximum Gasteiger partial charge on any atom is 0.226 e. The molecule has 0 aliphatic rings. The number of aromatic nitrogens is 2. The fourth-order valence-electron chi connectivity index (χ4n) is 1.70. The van der Waals surface area contributed by atoms with Gasteiger partial charge in [0.1, 0.15) is 5.75 Å². The summed E-state index contributed by atoms with van der Waals surface area (Å²) in [5.41, 5.74) is 2.58. The van der Waals surface area contributed by atoms with Gasteiger partial charge in [-0.05, 0) is 26.0 Å². The SMILES string of the molecule is Cc1ccc(Oc2c(/C=N/O)c(C)nn2C)cc1. The Morgan fingerprint density at radius 2 is 1.94 bits per heavy atom. The van der Waals surface area contributed by atoms with E-state index in [-0.39, 0.29) is 0 Å². The summed E-state index contributed by atoms with van der Waals surface area (Å²) in [6.07, 6.45) is 1.33. The molecule has 0 bridgehead atoms. The second kappa shape index (κ2) is 4.91. The number of benzene rings is 1. The van der Waals surface area contributed by atoms with Crippen molar-refractivity contribution in [1.29, 1.82) is 0 Å². The van der Waals surface area contributed by atoms with Crippen LogP contribution in [-0.4, -0.2) is 21.2 Å². The van der Waals surface area contributed by atoms with E-state index in [0.717, 1.165) is 11.4 Å². The first-order valence-electron chi connectivity index (χ1n) is 5.57. The molecule has 5 heteroatoms. The first-order valence-corrected chi connectivity index (χ1v) is 5.57. The Kier molecular flexibility index (Phi) is 3.32. The predicted molar refractivity (Wildman–Crippen MR) is 68.6 cm³/mol. The van der Waals surface area contributed by atoms with Gasteiger partial charge in [-0.15, -0.1) is 0 Å². The van der Waals surface area contributed by atoms with Crippen molar-refractivity contribution in [1.82, 2.24) is 9.78 Å². The lowest BCUT2D eigenvalue weighted by Gasteiger charge is -2.06. The number of rotatable bonds is 3. The molecule has 0 aliphatic heterocycles. The molecule has 0 amide bonds. The van der Waals surface area contributed by atoms with E-state index in [1.165, 1.54) is 11.8 Å². The predicted octanol–water partition coefficient (Wildman–Crippen LogP) is 2.64. The van der Waals surface area contributed by atoms with Gasteiger partial charge in [0.05, 0.1) is 17.5 Å². The van der Waals surface area contributed by atoms with E-state index in [9.17, 15) is 0 Å². The molecule has 0 atom stereocenters. The van der Waals surface area contributed by atoms with Crippen molar-refractivity contribution < 1.29 is 9.94 Å². The number of nitrogens with zero attached hydrogens (tertiary/aromatic N) is 3. The maximum absolute atomic E-state index is 8.66. The van der Waals surface area contributed by atoms with Crippen LogP contribution in [0.15, 0.2) is 29.4 Å². The number of hydrogen-bond acceptors (Lipinski definition) is 4. The fourth-order valence-corrected chi connectivity index (χ4v) is 1.70. The van der Waals surface area contributed by atoms with Gasteiger partial charge in [0.2, 0.25) is 5.88 Å². The zero-order valence-electron chi connectivity index (χ0n) is 10.6. The van der Waals surface area contributed by atoms with Crippen molar-refractivity contribution in [2.45, 2.75) is 13.8 Å².